The Morgan fingerprint density at radius 3 is 2.29 bits per heavy atom. The van der Waals surface area contributed by atoms with Gasteiger partial charge in [0.15, 0.2) is 0 Å². The minimum Gasteiger partial charge on any atom is -0.480 e. The molecule has 0 saturated carbocycles. The Bertz CT molecular complexity index is 1210. The summed E-state index contributed by atoms with van der Waals surface area (Å²) in [5.41, 5.74) is 5.07. The van der Waals surface area contributed by atoms with Crippen molar-refractivity contribution in [2.24, 2.45) is 0 Å². The van der Waals surface area contributed by atoms with Crippen LogP contribution in [-0.4, -0.2) is 52.7 Å². The molecule has 1 atom stereocenters. The molecule has 1 aromatic heterocycles. The first kappa shape index (κ1) is 23.4. The molecule has 1 aliphatic carbocycles. The molecule has 0 spiro atoms. The van der Waals surface area contributed by atoms with E-state index in [1.165, 1.54) is 14.0 Å². The van der Waals surface area contributed by atoms with E-state index in [4.69, 9.17) is 9.84 Å². The van der Waals surface area contributed by atoms with Crippen molar-refractivity contribution in [3.8, 4) is 11.1 Å². The van der Waals surface area contributed by atoms with E-state index >= 15 is 0 Å². The number of carbonyl (C=O) groups is 3. The summed E-state index contributed by atoms with van der Waals surface area (Å²) in [5, 5.41) is 12.4. The molecule has 0 aliphatic heterocycles. The lowest BCUT2D eigenvalue weighted by atomic mass is 9.98. The van der Waals surface area contributed by atoms with Crippen LogP contribution in [0.4, 0.5) is 4.79 Å². The fourth-order valence-electron chi connectivity index (χ4n) is 4.03. The van der Waals surface area contributed by atoms with Crippen LogP contribution in [0.5, 0.6) is 0 Å². The predicted molar refractivity (Wildman–Crippen MR) is 128 cm³/mol. The third-order valence-corrected chi connectivity index (χ3v) is 7.17. The molecule has 3 aromatic rings. The second kappa shape index (κ2) is 9.64. The zero-order chi connectivity index (χ0) is 24.4. The van der Waals surface area contributed by atoms with Gasteiger partial charge in [-0.2, -0.15) is 0 Å². The number of amides is 2. The molecule has 0 fully saturated rings. The van der Waals surface area contributed by atoms with Crippen molar-refractivity contribution in [1.82, 2.24) is 15.2 Å². The summed E-state index contributed by atoms with van der Waals surface area (Å²) in [4.78, 5) is 42.0. The second-order valence-corrected chi connectivity index (χ2v) is 9.22. The third-order valence-electron chi connectivity index (χ3n) is 6.02. The number of likely N-dealkylation sites (N-methyl/N-ethyl adjacent to an activating group) is 1. The van der Waals surface area contributed by atoms with Gasteiger partial charge in [0.2, 0.25) is 0 Å². The van der Waals surface area contributed by atoms with Gasteiger partial charge in [-0.1, -0.05) is 48.5 Å². The number of nitrogens with zero attached hydrogens (tertiary/aromatic N) is 2. The van der Waals surface area contributed by atoms with Gasteiger partial charge in [-0.15, -0.1) is 11.3 Å². The number of hydrogen-bond acceptors (Lipinski definition) is 6. The van der Waals surface area contributed by atoms with Gasteiger partial charge in [-0.3, -0.25) is 4.79 Å². The van der Waals surface area contributed by atoms with E-state index in [0.29, 0.717) is 15.6 Å². The Morgan fingerprint density at radius 2 is 1.71 bits per heavy atom. The van der Waals surface area contributed by atoms with E-state index < -0.39 is 24.0 Å². The minimum absolute atomic E-state index is 0.0313. The van der Waals surface area contributed by atoms with Gasteiger partial charge in [-0.05, 0) is 36.1 Å². The molecule has 2 N–H and O–H groups in total. The van der Waals surface area contributed by atoms with E-state index in [1.54, 1.807) is 6.92 Å². The first-order valence-electron chi connectivity index (χ1n) is 10.8. The minimum atomic E-state index is -1.09. The van der Waals surface area contributed by atoms with E-state index in [2.05, 4.69) is 34.6 Å². The number of rotatable bonds is 7. The van der Waals surface area contributed by atoms with E-state index in [-0.39, 0.29) is 19.1 Å². The van der Waals surface area contributed by atoms with Crippen LogP contribution in [0.1, 0.15) is 44.3 Å². The molecule has 34 heavy (non-hydrogen) atoms. The lowest BCUT2D eigenvalue weighted by Crippen LogP contribution is -2.40. The van der Waals surface area contributed by atoms with Crippen molar-refractivity contribution in [2.45, 2.75) is 32.4 Å². The van der Waals surface area contributed by atoms with Crippen molar-refractivity contribution in [2.75, 3.05) is 13.7 Å². The van der Waals surface area contributed by atoms with Gasteiger partial charge in [0.1, 0.15) is 22.5 Å². The molecule has 2 amide bonds. The quantitative estimate of drug-likeness (QED) is 0.530. The van der Waals surface area contributed by atoms with Crippen LogP contribution in [0.25, 0.3) is 11.1 Å². The molecule has 1 heterocycles. The van der Waals surface area contributed by atoms with Crippen molar-refractivity contribution in [3.63, 3.8) is 0 Å². The number of ether oxygens (including phenoxy) is 1. The Morgan fingerprint density at radius 1 is 1.12 bits per heavy atom. The highest BCUT2D eigenvalue weighted by molar-refractivity contribution is 7.13. The molecule has 1 aliphatic rings. The Labute approximate surface area is 201 Å². The van der Waals surface area contributed by atoms with Crippen LogP contribution in [0.2, 0.25) is 0 Å². The summed E-state index contributed by atoms with van der Waals surface area (Å²) in [6, 6.07) is 15.3. The topological polar surface area (TPSA) is 109 Å². The zero-order valence-electron chi connectivity index (χ0n) is 19.1. The number of hydrogen-bond donors (Lipinski definition) is 2. The number of alkyl carbamates (subject to hydrolysis) is 1. The lowest BCUT2D eigenvalue weighted by Gasteiger charge is -2.20. The molecule has 1 unspecified atom stereocenters. The van der Waals surface area contributed by atoms with Gasteiger partial charge in [0.25, 0.3) is 5.91 Å². The van der Waals surface area contributed by atoms with Crippen LogP contribution in [0.15, 0.2) is 48.5 Å². The number of aromatic nitrogens is 1. The van der Waals surface area contributed by atoms with Crippen LogP contribution < -0.4 is 5.32 Å². The fourth-order valence-corrected chi connectivity index (χ4v) is 5.01. The van der Waals surface area contributed by atoms with Crippen LogP contribution in [0.3, 0.4) is 0 Å². The highest BCUT2D eigenvalue weighted by Crippen LogP contribution is 2.44. The Hall–Kier alpha value is -3.72. The van der Waals surface area contributed by atoms with E-state index in [9.17, 15) is 14.4 Å². The van der Waals surface area contributed by atoms with Crippen molar-refractivity contribution in [1.29, 1.82) is 0 Å². The Kier molecular flexibility index (Phi) is 6.65. The monoisotopic (exact) mass is 479 g/mol. The zero-order valence-corrected chi connectivity index (χ0v) is 19.9. The van der Waals surface area contributed by atoms with Gasteiger partial charge in [-0.25, -0.2) is 14.6 Å². The first-order valence-corrected chi connectivity index (χ1v) is 11.6. The van der Waals surface area contributed by atoms with Crippen LogP contribution >= 0.6 is 11.3 Å². The number of aryl methyl sites for hydroxylation is 1. The number of fused-ring (bicyclic) bond motifs is 3. The molecule has 0 bridgehead atoms. The summed E-state index contributed by atoms with van der Waals surface area (Å²) in [6.07, 6.45) is -0.570. The van der Waals surface area contributed by atoms with E-state index in [1.807, 2.05) is 24.3 Å². The predicted octanol–water partition coefficient (Wildman–Crippen LogP) is 4.04. The summed E-state index contributed by atoms with van der Waals surface area (Å²) in [6.45, 7) is 3.43. The van der Waals surface area contributed by atoms with Crippen molar-refractivity contribution in [3.05, 3.63) is 75.2 Å². The molecule has 0 saturated heterocycles. The molecule has 2 aromatic carbocycles. The summed E-state index contributed by atoms with van der Waals surface area (Å²) < 4.78 is 5.53. The molecule has 9 heteroatoms. The number of carboxylic acid groups (broad SMARTS) is 1. The fraction of sp³-hybridized carbons (Fsp3) is 0.280. The molecule has 8 nitrogen and oxygen atoms in total. The molecular weight excluding hydrogens is 454 g/mol. The maximum absolute atomic E-state index is 12.6. The van der Waals surface area contributed by atoms with Gasteiger partial charge in [0.05, 0.1) is 12.2 Å². The number of carboxylic acids is 1. The van der Waals surface area contributed by atoms with Crippen LogP contribution in [0, 0.1) is 6.92 Å². The number of nitrogens with one attached hydrogen (secondary N) is 1. The highest BCUT2D eigenvalue weighted by Gasteiger charge is 2.29. The van der Waals surface area contributed by atoms with Crippen molar-refractivity contribution < 1.29 is 24.2 Å². The van der Waals surface area contributed by atoms with Gasteiger partial charge >= 0.3 is 12.1 Å². The average Bonchev–Trinajstić information content (AvgIpc) is 3.37. The number of aliphatic carboxylic acids is 1. The molecule has 176 valence electrons. The average molecular weight is 480 g/mol. The molecule has 4 rings (SSSR count). The van der Waals surface area contributed by atoms with Gasteiger partial charge in [0, 0.05) is 13.0 Å². The SMILES string of the molecule is Cc1nc(CNC(=O)OCC2c3ccccc3-c3ccccc32)sc1C(=O)N(C)C(C)C(=O)O. The maximum Gasteiger partial charge on any atom is 0.407 e. The smallest absolute Gasteiger partial charge is 0.407 e. The summed E-state index contributed by atoms with van der Waals surface area (Å²) in [7, 11) is 1.44. The number of carbonyl (C=O) groups excluding carboxylic acids is 2. The van der Waals surface area contributed by atoms with Crippen molar-refractivity contribution >= 4 is 29.3 Å². The number of benzene rings is 2. The maximum atomic E-state index is 12.6. The lowest BCUT2D eigenvalue weighted by molar-refractivity contribution is -0.141. The second-order valence-electron chi connectivity index (χ2n) is 8.13. The van der Waals surface area contributed by atoms with E-state index in [0.717, 1.165) is 38.5 Å². The number of thiazole rings is 1. The summed E-state index contributed by atoms with van der Waals surface area (Å²) in [5.74, 6) is -1.54. The van der Waals surface area contributed by atoms with Gasteiger partial charge < -0.3 is 20.1 Å². The normalized spacial score (nSPS) is 13.0. The molecule has 0 radical (unpaired) electrons. The summed E-state index contributed by atoms with van der Waals surface area (Å²) >= 11 is 1.13. The first-order chi connectivity index (χ1) is 16.3. The standard InChI is InChI=1S/C25H25N3O5S/c1-14-22(23(29)28(3)15(2)24(30)31)34-21(27-14)12-26-25(32)33-13-20-18-10-6-4-8-16(18)17-9-5-7-11-19(17)20/h4-11,15,20H,12-13H2,1-3H3,(H,26,32)(H,30,31). The molecular formula is C25H25N3O5S. The highest BCUT2D eigenvalue weighted by atomic mass is 32.1. The largest absolute Gasteiger partial charge is 0.480 e. The Balaban J connectivity index is 1.36. The van der Waals surface area contributed by atoms with Crippen LogP contribution in [-0.2, 0) is 16.1 Å². The third kappa shape index (κ3) is 4.51.